The molecule has 3 aromatic rings. The molecule has 7 nitrogen and oxygen atoms in total. The quantitative estimate of drug-likeness (QED) is 0.659. The summed E-state index contributed by atoms with van der Waals surface area (Å²) in [6, 6.07) is 16.9. The molecule has 1 aliphatic rings. The Labute approximate surface area is 168 Å². The summed E-state index contributed by atoms with van der Waals surface area (Å²) in [4.78, 5) is 16.4. The Bertz CT molecular complexity index is 911. The van der Waals surface area contributed by atoms with Gasteiger partial charge in [-0.2, -0.15) is 4.98 Å². The van der Waals surface area contributed by atoms with Gasteiger partial charge in [0.15, 0.2) is 0 Å². The average molecular weight is 401 g/mol. The zero-order chi connectivity index (χ0) is 18.5. The Kier molecular flexibility index (Phi) is 6.62. The van der Waals surface area contributed by atoms with Gasteiger partial charge in [-0.1, -0.05) is 35.5 Å². The fraction of sp³-hybridized carbons (Fsp3) is 0.250. The second-order valence-corrected chi connectivity index (χ2v) is 6.32. The number of amides is 1. The highest BCUT2D eigenvalue weighted by Crippen LogP contribution is 2.25. The molecule has 0 bridgehead atoms. The molecule has 1 aliphatic heterocycles. The topological polar surface area (TPSA) is 89.3 Å². The number of aromatic nitrogens is 2. The smallest absolute Gasteiger partial charge is 0.246 e. The van der Waals surface area contributed by atoms with Crippen molar-refractivity contribution in [2.45, 2.75) is 25.4 Å². The van der Waals surface area contributed by atoms with Gasteiger partial charge in [-0.15, -0.1) is 12.4 Å². The third kappa shape index (κ3) is 4.88. The van der Waals surface area contributed by atoms with Crippen LogP contribution in [0.2, 0.25) is 0 Å². The van der Waals surface area contributed by atoms with Gasteiger partial charge < -0.3 is 19.9 Å². The molecular formula is C20H21ClN4O3. The van der Waals surface area contributed by atoms with E-state index in [1.54, 1.807) is 0 Å². The predicted octanol–water partition coefficient (Wildman–Crippen LogP) is 3.32. The van der Waals surface area contributed by atoms with Crippen LogP contribution in [0.25, 0.3) is 11.4 Å². The van der Waals surface area contributed by atoms with Crippen LogP contribution < -0.4 is 15.4 Å². The zero-order valence-electron chi connectivity index (χ0n) is 15.1. The van der Waals surface area contributed by atoms with Crippen molar-refractivity contribution in [2.75, 3.05) is 6.54 Å². The van der Waals surface area contributed by atoms with E-state index in [1.165, 1.54) is 0 Å². The summed E-state index contributed by atoms with van der Waals surface area (Å²) in [6.07, 6.45) is 1.87. The maximum absolute atomic E-state index is 12.0. The Morgan fingerprint density at radius 2 is 2.00 bits per heavy atom. The van der Waals surface area contributed by atoms with Gasteiger partial charge >= 0.3 is 0 Å². The van der Waals surface area contributed by atoms with E-state index < -0.39 is 0 Å². The zero-order valence-corrected chi connectivity index (χ0v) is 15.9. The van der Waals surface area contributed by atoms with E-state index >= 15 is 0 Å². The number of nitrogens with zero attached hydrogens (tertiary/aromatic N) is 2. The fourth-order valence-corrected chi connectivity index (χ4v) is 2.96. The van der Waals surface area contributed by atoms with Crippen LogP contribution in [0.4, 0.5) is 0 Å². The van der Waals surface area contributed by atoms with Gasteiger partial charge in [-0.25, -0.2) is 0 Å². The normalized spacial score (nSPS) is 15.6. The van der Waals surface area contributed by atoms with Crippen LogP contribution in [-0.4, -0.2) is 28.6 Å². The third-order valence-electron chi connectivity index (χ3n) is 4.33. The molecule has 0 saturated carbocycles. The van der Waals surface area contributed by atoms with E-state index in [0.717, 1.165) is 30.7 Å². The minimum Gasteiger partial charge on any atom is -0.457 e. The minimum atomic E-state index is -0.126. The Morgan fingerprint density at radius 3 is 2.79 bits per heavy atom. The second-order valence-electron chi connectivity index (χ2n) is 6.32. The van der Waals surface area contributed by atoms with Crippen LogP contribution in [0.1, 0.15) is 18.7 Å². The second kappa shape index (κ2) is 9.34. The molecule has 2 N–H and O–H groups in total. The molecule has 1 aromatic heterocycles. The van der Waals surface area contributed by atoms with Crippen molar-refractivity contribution in [2.24, 2.45) is 0 Å². The van der Waals surface area contributed by atoms with Crippen molar-refractivity contribution in [3.05, 3.63) is 60.5 Å². The van der Waals surface area contributed by atoms with E-state index in [4.69, 9.17) is 9.26 Å². The largest absolute Gasteiger partial charge is 0.457 e. The molecule has 0 radical (unpaired) electrons. The van der Waals surface area contributed by atoms with Crippen LogP contribution in [-0.2, 0) is 11.3 Å². The van der Waals surface area contributed by atoms with Crippen molar-refractivity contribution in [1.29, 1.82) is 0 Å². The molecule has 1 fully saturated rings. The highest BCUT2D eigenvalue weighted by Gasteiger charge is 2.22. The molecule has 4 rings (SSSR count). The van der Waals surface area contributed by atoms with Crippen molar-refractivity contribution in [3.8, 4) is 22.9 Å². The molecule has 1 atom stereocenters. The third-order valence-corrected chi connectivity index (χ3v) is 4.33. The van der Waals surface area contributed by atoms with Gasteiger partial charge in [0.2, 0.25) is 17.6 Å². The number of nitrogens with one attached hydrogen (secondary N) is 2. The average Bonchev–Trinajstić information content (AvgIpc) is 3.39. The molecule has 1 amide bonds. The molecule has 8 heteroatoms. The van der Waals surface area contributed by atoms with Crippen molar-refractivity contribution >= 4 is 18.3 Å². The molecule has 2 aromatic carbocycles. The monoisotopic (exact) mass is 400 g/mol. The van der Waals surface area contributed by atoms with Crippen LogP contribution in [0.3, 0.4) is 0 Å². The number of hydrogen-bond donors (Lipinski definition) is 2. The fourth-order valence-electron chi connectivity index (χ4n) is 2.96. The first-order valence-corrected chi connectivity index (χ1v) is 8.95. The molecule has 1 unspecified atom stereocenters. The van der Waals surface area contributed by atoms with E-state index in [9.17, 15) is 4.79 Å². The summed E-state index contributed by atoms with van der Waals surface area (Å²) >= 11 is 0. The lowest BCUT2D eigenvalue weighted by Crippen LogP contribution is -2.40. The van der Waals surface area contributed by atoms with Gasteiger partial charge in [0, 0.05) is 5.56 Å². The van der Waals surface area contributed by atoms with E-state index in [0.29, 0.717) is 17.5 Å². The van der Waals surface area contributed by atoms with Crippen molar-refractivity contribution in [3.63, 3.8) is 0 Å². The molecule has 1 saturated heterocycles. The van der Waals surface area contributed by atoms with E-state index in [2.05, 4.69) is 20.8 Å². The number of hydrogen-bond acceptors (Lipinski definition) is 6. The number of halogens is 1. The van der Waals surface area contributed by atoms with Gasteiger partial charge in [-0.05, 0) is 43.7 Å². The first-order chi connectivity index (χ1) is 13.3. The molecule has 28 heavy (non-hydrogen) atoms. The molecular weight excluding hydrogens is 380 g/mol. The Hall–Kier alpha value is -2.90. The summed E-state index contributed by atoms with van der Waals surface area (Å²) in [6.45, 7) is 1.09. The first kappa shape index (κ1) is 19.9. The Morgan fingerprint density at radius 1 is 1.18 bits per heavy atom. The number of benzene rings is 2. The standard InChI is InChI=1S/C20H20N4O3.ClH/c25-20(17-10-5-11-21-17)22-13-18-23-19(24-27-18)14-6-4-9-16(12-14)26-15-7-2-1-3-8-15;/h1-4,6-9,12,17,21H,5,10-11,13H2,(H,22,25);1H. The lowest BCUT2D eigenvalue weighted by molar-refractivity contribution is -0.123. The molecule has 0 spiro atoms. The van der Waals surface area contributed by atoms with Crippen molar-refractivity contribution in [1.82, 2.24) is 20.8 Å². The van der Waals surface area contributed by atoms with Crippen molar-refractivity contribution < 1.29 is 14.1 Å². The summed E-state index contributed by atoms with van der Waals surface area (Å²) in [5.74, 6) is 2.23. The van der Waals surface area contributed by atoms with Gasteiger partial charge in [0.1, 0.15) is 11.5 Å². The molecule has 146 valence electrons. The van der Waals surface area contributed by atoms with Crippen LogP contribution in [0, 0.1) is 0 Å². The van der Waals surface area contributed by atoms with Gasteiger partial charge in [-0.3, -0.25) is 4.79 Å². The predicted molar refractivity (Wildman–Crippen MR) is 106 cm³/mol. The van der Waals surface area contributed by atoms with Gasteiger partial charge in [0.05, 0.1) is 12.6 Å². The van der Waals surface area contributed by atoms with Gasteiger partial charge in [0.25, 0.3) is 0 Å². The number of ether oxygens (including phenoxy) is 1. The number of carbonyl (C=O) groups excluding carboxylic acids is 1. The lowest BCUT2D eigenvalue weighted by atomic mass is 10.2. The van der Waals surface area contributed by atoms with Crippen LogP contribution >= 0.6 is 12.4 Å². The minimum absolute atomic E-state index is 0. The van der Waals surface area contributed by atoms with E-state index in [1.807, 2.05) is 54.6 Å². The summed E-state index contributed by atoms with van der Waals surface area (Å²) < 4.78 is 11.1. The van der Waals surface area contributed by atoms with E-state index in [-0.39, 0.29) is 30.9 Å². The maximum atomic E-state index is 12.0. The highest BCUT2D eigenvalue weighted by molar-refractivity contribution is 5.85. The SMILES string of the molecule is Cl.O=C(NCc1nc(-c2cccc(Oc3ccccc3)c2)no1)C1CCCN1. The number of rotatable bonds is 6. The Balaban J connectivity index is 0.00000225. The molecule has 0 aliphatic carbocycles. The van der Waals surface area contributed by atoms with Crippen LogP contribution in [0.5, 0.6) is 11.5 Å². The van der Waals surface area contributed by atoms with Crippen LogP contribution in [0.15, 0.2) is 59.1 Å². The number of para-hydroxylation sites is 1. The highest BCUT2D eigenvalue weighted by atomic mass is 35.5. The number of carbonyl (C=O) groups is 1. The molecule has 2 heterocycles. The first-order valence-electron chi connectivity index (χ1n) is 8.95. The maximum Gasteiger partial charge on any atom is 0.246 e. The lowest BCUT2D eigenvalue weighted by Gasteiger charge is -2.08. The summed E-state index contributed by atoms with van der Waals surface area (Å²) in [7, 11) is 0. The summed E-state index contributed by atoms with van der Waals surface area (Å²) in [5.41, 5.74) is 0.780. The summed E-state index contributed by atoms with van der Waals surface area (Å²) in [5, 5.41) is 9.99.